The number of aryl methyl sites for hydroxylation is 1. The third-order valence-electron chi connectivity index (χ3n) is 18.6. The average molecular weight is 1850 g/mol. The molecule has 0 aliphatic heterocycles. The van der Waals surface area contributed by atoms with Crippen LogP contribution in [0.3, 0.4) is 0 Å². The molecule has 0 spiro atoms. The molecule has 0 atom stereocenters. The Hall–Kier alpha value is -16.6. The average Bonchev–Trinajstić information content (AvgIpc) is 1.69. The van der Waals surface area contributed by atoms with Crippen LogP contribution in [0.2, 0.25) is 15.1 Å². The minimum Gasteiger partial charge on any atom is -0.496 e. The van der Waals surface area contributed by atoms with Gasteiger partial charge in [0, 0.05) is 44.1 Å². The van der Waals surface area contributed by atoms with Crippen LogP contribution >= 0.6 is 46.1 Å². The van der Waals surface area contributed by atoms with Crippen LogP contribution < -0.4 is 39.1 Å². The minimum atomic E-state index is -4.35. The number of imidazole rings is 6. The third kappa shape index (κ3) is 26.3. The highest BCUT2D eigenvalue weighted by molar-refractivity contribution is 7.11. The van der Waals surface area contributed by atoms with Crippen molar-refractivity contribution in [2.75, 3.05) is 41.5 Å². The molecule has 18 rings (SSSR count). The molecular formula is C96H78Cl3F6N25OS. The molecular weight excluding hydrogens is 1770 g/mol. The molecule has 0 fully saturated rings. The van der Waals surface area contributed by atoms with Gasteiger partial charge in [0.15, 0.2) is 0 Å². The fraction of sp³-hybridized carbons (Fsp3) is 0.0312. The Kier molecular flexibility index (Phi) is 31.5. The number of hydrogen-bond acceptors (Lipinski definition) is 21. The zero-order chi connectivity index (χ0) is 93.0. The van der Waals surface area contributed by atoms with Crippen molar-refractivity contribution in [2.45, 2.75) is 13.1 Å². The van der Waals surface area contributed by atoms with Gasteiger partial charge in [0.2, 0.25) is 35.7 Å². The molecule has 26 nitrogen and oxygen atoms in total. The zero-order valence-corrected chi connectivity index (χ0v) is 72.9. The number of para-hydroxylation sites is 1. The largest absolute Gasteiger partial charge is 0.496 e. The maximum atomic E-state index is 12.9. The molecule has 10 aromatic carbocycles. The maximum absolute atomic E-state index is 12.9. The third-order valence-corrected chi connectivity index (χ3v) is 20.3. The van der Waals surface area contributed by atoms with Crippen molar-refractivity contribution in [3.8, 4) is 73.4 Å². The van der Waals surface area contributed by atoms with Crippen molar-refractivity contribution in [3.05, 3.63) is 404 Å². The first-order chi connectivity index (χ1) is 63.8. The molecule has 18 aromatic rings. The van der Waals surface area contributed by atoms with Crippen LogP contribution in [0.1, 0.15) is 43.8 Å². The standard InChI is InChI=1S/C17H15ClN4O.C17H13F3N4.C16H11Cl2FN4.C16H13FN4.C15H12FN5.C15H14N4S/c1-23-16-5-3-2-4-14(16)15-11-22(17(19)21-15)20-10-12-6-8-13(18)9-7-12;18-17(19,20)14-8-6-12(7-9-14)10-22-24-11-15(23-16(24)21)13-4-2-1-3-5-13;17-11-3-6-13(14(18)7-11)15-9-23(16(20)22-15)21-8-10-1-4-12(19)5-2-10;17-14-8-6-12(7-9-14)10-19-21-11-15(20-16(21)18)13-4-2-1-3-5-13;16-12-6-4-11(5-7-12)9-19-21-10-14(20-15(21)17)13-3-1-2-8-18-13;1-11-7-8-20-14(11)9-17-19-10-13(18-15(19)16)12-5-3-2-4-6-12/h2-11H,1H3,(H2,19,21);1-11H,(H2,21,23);1-9H,(H2,20,22);1-11H,(H2,18,20);1-10H,(H2,17,20);2-10H,1H3,(H2,16,18)/b20-10-;22-10-;21-8-;19-10-;19-9-;17-9-. The lowest BCUT2D eigenvalue weighted by atomic mass is 10.1. The summed E-state index contributed by atoms with van der Waals surface area (Å²) in [6.45, 7) is 2.06. The second-order valence-electron chi connectivity index (χ2n) is 27.9. The Bertz CT molecular complexity index is 6870. The van der Waals surface area contributed by atoms with Crippen molar-refractivity contribution in [1.82, 2.24) is 62.9 Å². The Labute approximate surface area is 771 Å². The number of rotatable bonds is 19. The monoisotopic (exact) mass is 1850 g/mol. The fourth-order valence-corrected chi connectivity index (χ4v) is 13.2. The number of methoxy groups -OCH3 is 1. The van der Waals surface area contributed by atoms with Gasteiger partial charge < -0.3 is 39.1 Å². The highest BCUT2D eigenvalue weighted by Gasteiger charge is 2.30. The van der Waals surface area contributed by atoms with Gasteiger partial charge in [0.25, 0.3) is 0 Å². The normalized spacial score (nSPS) is 11.3. The van der Waals surface area contributed by atoms with E-state index in [1.165, 1.54) is 83.7 Å². The van der Waals surface area contributed by atoms with Gasteiger partial charge in [-0.25, -0.2) is 71.1 Å². The highest BCUT2D eigenvalue weighted by atomic mass is 35.5. The molecule has 0 saturated carbocycles. The number of halogens is 9. The molecule has 0 saturated heterocycles. The molecule has 0 aliphatic rings. The summed E-state index contributed by atoms with van der Waals surface area (Å²) in [6, 6.07) is 79.5. The zero-order valence-electron chi connectivity index (χ0n) is 69.8. The van der Waals surface area contributed by atoms with E-state index >= 15 is 0 Å². The first-order valence-electron chi connectivity index (χ1n) is 39.6. The van der Waals surface area contributed by atoms with E-state index in [9.17, 15) is 26.3 Å². The summed E-state index contributed by atoms with van der Waals surface area (Å²) in [7, 11) is 1.62. The van der Waals surface area contributed by atoms with Crippen LogP contribution in [0.4, 0.5) is 62.0 Å². The Balaban J connectivity index is 0.000000135. The van der Waals surface area contributed by atoms with Gasteiger partial charge in [-0.15, -0.1) is 11.3 Å². The first-order valence-corrected chi connectivity index (χ1v) is 41.6. The van der Waals surface area contributed by atoms with E-state index in [2.05, 4.69) is 78.5 Å². The summed E-state index contributed by atoms with van der Waals surface area (Å²) in [5, 5.41) is 29.2. The molecule has 12 N–H and O–H groups in total. The quantitative estimate of drug-likeness (QED) is 0.0324. The van der Waals surface area contributed by atoms with Gasteiger partial charge in [0.05, 0.1) is 131 Å². The van der Waals surface area contributed by atoms with Crippen LogP contribution in [0.15, 0.2) is 358 Å². The van der Waals surface area contributed by atoms with Gasteiger partial charge >= 0.3 is 6.18 Å². The summed E-state index contributed by atoms with van der Waals surface area (Å²) in [6.07, 6.45) is 17.4. The molecule has 662 valence electrons. The van der Waals surface area contributed by atoms with E-state index in [0.29, 0.717) is 66.8 Å². The molecule has 8 heterocycles. The number of nitrogens with two attached hydrogens (primary N) is 6. The van der Waals surface area contributed by atoms with Gasteiger partial charge in [-0.2, -0.15) is 43.8 Å². The lowest BCUT2D eigenvalue weighted by Crippen LogP contribution is -2.04. The Morgan fingerprint density at radius 3 is 1.03 bits per heavy atom. The van der Waals surface area contributed by atoms with Crippen LogP contribution in [-0.2, 0) is 6.18 Å². The topological polar surface area (TPSA) is 359 Å². The Morgan fingerprint density at radius 2 is 0.667 bits per heavy atom. The van der Waals surface area contributed by atoms with E-state index in [1.54, 1.807) is 152 Å². The van der Waals surface area contributed by atoms with E-state index in [0.717, 1.165) is 84.3 Å². The summed E-state index contributed by atoms with van der Waals surface area (Å²) >= 11 is 19.6. The second-order valence-corrected chi connectivity index (χ2v) is 30.1. The van der Waals surface area contributed by atoms with Gasteiger partial charge in [-0.1, -0.05) is 205 Å². The van der Waals surface area contributed by atoms with Crippen LogP contribution in [0.25, 0.3) is 67.7 Å². The lowest BCUT2D eigenvalue weighted by Gasteiger charge is -2.05. The molecule has 0 aliphatic carbocycles. The molecule has 0 radical (unpaired) electrons. The number of hydrogen-bond donors (Lipinski definition) is 6. The van der Waals surface area contributed by atoms with Crippen LogP contribution in [0, 0.1) is 24.4 Å². The summed E-state index contributed by atoms with van der Waals surface area (Å²) in [5.74, 6) is 1.52. The van der Waals surface area contributed by atoms with Crippen LogP contribution in [0.5, 0.6) is 5.75 Å². The molecule has 8 aromatic heterocycles. The van der Waals surface area contributed by atoms with Crippen molar-refractivity contribution >= 4 is 119 Å². The number of ether oxygens (including phenoxy) is 1. The predicted octanol–water partition coefficient (Wildman–Crippen LogP) is 21.3. The summed E-state index contributed by atoms with van der Waals surface area (Å²) in [4.78, 5) is 30.9. The summed E-state index contributed by atoms with van der Waals surface area (Å²) < 4.78 is 90.3. The molecule has 132 heavy (non-hydrogen) atoms. The number of pyridine rings is 1. The molecule has 36 heteroatoms. The smallest absolute Gasteiger partial charge is 0.416 e. The van der Waals surface area contributed by atoms with E-state index in [-0.39, 0.29) is 35.3 Å². The number of alkyl halides is 3. The van der Waals surface area contributed by atoms with Crippen molar-refractivity contribution < 1.29 is 31.1 Å². The predicted molar refractivity (Wildman–Crippen MR) is 516 cm³/mol. The lowest BCUT2D eigenvalue weighted by molar-refractivity contribution is -0.137. The number of nitrogen functional groups attached to an aromatic ring is 6. The number of aromatic nitrogens is 13. The molecule has 0 bridgehead atoms. The van der Waals surface area contributed by atoms with Crippen LogP contribution in [-0.4, -0.2) is 107 Å². The van der Waals surface area contributed by atoms with E-state index in [4.69, 9.17) is 73.9 Å². The highest BCUT2D eigenvalue weighted by Crippen LogP contribution is 2.34. The Morgan fingerprint density at radius 1 is 0.341 bits per heavy atom. The fourth-order valence-electron chi connectivity index (χ4n) is 11.8. The number of anilines is 6. The maximum Gasteiger partial charge on any atom is 0.416 e. The van der Waals surface area contributed by atoms with Gasteiger partial charge in [0.1, 0.15) is 28.9 Å². The minimum absolute atomic E-state index is 0.192. The van der Waals surface area contributed by atoms with Gasteiger partial charge in [-0.3, -0.25) is 4.98 Å². The van der Waals surface area contributed by atoms with Crippen molar-refractivity contribution in [3.63, 3.8) is 0 Å². The number of thiophene rings is 1. The van der Waals surface area contributed by atoms with E-state index < -0.39 is 11.7 Å². The van der Waals surface area contributed by atoms with Crippen molar-refractivity contribution in [1.29, 1.82) is 0 Å². The second kappa shape index (κ2) is 44.7. The van der Waals surface area contributed by atoms with Gasteiger partial charge in [-0.05, 0) is 155 Å². The first kappa shape index (κ1) is 93.0. The SMILES string of the molecule is COc1ccccc1-c1cn(/N=C\c2ccc(Cl)cc2)c(N)n1.Cc1ccsc1/C=N\n1cc(-c2ccccc2)nc1N.Nc1nc(-c2ccc(Cl)cc2Cl)cn1/N=C\c1ccc(F)cc1.Nc1nc(-c2ccccc2)cn1/N=C\c1ccc(C(F)(F)F)cc1.Nc1nc(-c2ccccc2)cn1/N=C\c1ccc(F)cc1.Nc1nc(-c2ccccn2)cn1/N=C\c1ccc(F)cc1. The number of nitrogens with zero attached hydrogens (tertiary/aromatic N) is 19. The molecule has 0 amide bonds. The summed E-state index contributed by atoms with van der Waals surface area (Å²) in [5.41, 5.74) is 48.8. The molecule has 0 unspecified atom stereocenters. The number of benzene rings is 10. The van der Waals surface area contributed by atoms with E-state index in [1.807, 2.05) is 163 Å². The van der Waals surface area contributed by atoms with Crippen molar-refractivity contribution in [2.24, 2.45) is 30.6 Å².